The normalized spacial score (nSPS) is 23.5. The smallest absolute Gasteiger partial charge is 0.225 e. The highest BCUT2D eigenvalue weighted by Gasteiger charge is 2.32. The van der Waals surface area contributed by atoms with Gasteiger partial charge in [-0.15, -0.1) is 0 Å². The highest BCUT2D eigenvalue weighted by molar-refractivity contribution is 5.78. The number of aliphatic hydroxyl groups is 1. The van der Waals surface area contributed by atoms with Crippen LogP contribution in [0.2, 0.25) is 0 Å². The number of hydrogen-bond donors (Lipinski definition) is 2. The van der Waals surface area contributed by atoms with Crippen LogP contribution in [0.4, 0.5) is 0 Å². The van der Waals surface area contributed by atoms with Crippen LogP contribution >= 0.6 is 0 Å². The van der Waals surface area contributed by atoms with Crippen LogP contribution in [0, 0.1) is 11.3 Å². The molecule has 0 aromatic heterocycles. The van der Waals surface area contributed by atoms with Crippen LogP contribution in [0.3, 0.4) is 0 Å². The number of nitrogens with zero attached hydrogens (tertiary/aromatic N) is 1. The first kappa shape index (κ1) is 16.8. The van der Waals surface area contributed by atoms with Crippen LogP contribution in [-0.4, -0.2) is 48.2 Å². The number of nitrogens with one attached hydrogen (secondary N) is 1. The van der Waals surface area contributed by atoms with Gasteiger partial charge in [-0.25, -0.2) is 0 Å². The maximum atomic E-state index is 12.0. The van der Waals surface area contributed by atoms with E-state index in [0.29, 0.717) is 12.6 Å². The standard InChI is InChI=1S/C17H32N2O2/c1-14(2)16(21)19-10-6-15(7-11-19)18-12-17(13-20)8-4-3-5-9-17/h14-15,18,20H,3-13H2,1-2H3. The summed E-state index contributed by atoms with van der Waals surface area (Å²) in [4.78, 5) is 14.0. The second-order valence-corrected chi connectivity index (χ2v) is 7.35. The Labute approximate surface area is 129 Å². The molecule has 0 unspecified atom stereocenters. The van der Waals surface area contributed by atoms with Gasteiger partial charge in [0.2, 0.25) is 5.91 Å². The number of aliphatic hydroxyl groups excluding tert-OH is 1. The van der Waals surface area contributed by atoms with Crippen LogP contribution in [0.15, 0.2) is 0 Å². The Balaban J connectivity index is 1.74. The molecule has 0 aromatic rings. The van der Waals surface area contributed by atoms with E-state index in [9.17, 15) is 9.90 Å². The van der Waals surface area contributed by atoms with Crippen molar-refractivity contribution in [2.75, 3.05) is 26.2 Å². The first-order valence-electron chi connectivity index (χ1n) is 8.69. The van der Waals surface area contributed by atoms with E-state index >= 15 is 0 Å². The van der Waals surface area contributed by atoms with Crippen LogP contribution < -0.4 is 5.32 Å². The Kier molecular flexibility index (Phi) is 6.06. The van der Waals surface area contributed by atoms with E-state index in [-0.39, 0.29) is 17.2 Å². The van der Waals surface area contributed by atoms with Gasteiger partial charge in [-0.05, 0) is 25.7 Å². The number of amides is 1. The SMILES string of the molecule is CC(C)C(=O)N1CCC(NCC2(CO)CCCCC2)CC1. The fourth-order valence-corrected chi connectivity index (χ4v) is 3.72. The van der Waals surface area contributed by atoms with Gasteiger partial charge in [-0.1, -0.05) is 33.1 Å². The fourth-order valence-electron chi connectivity index (χ4n) is 3.72. The fraction of sp³-hybridized carbons (Fsp3) is 0.941. The van der Waals surface area contributed by atoms with Gasteiger partial charge in [0.25, 0.3) is 0 Å². The molecule has 0 bridgehead atoms. The Morgan fingerprint density at radius 1 is 1.24 bits per heavy atom. The molecule has 2 aliphatic rings. The van der Waals surface area contributed by atoms with Crippen molar-refractivity contribution in [2.45, 2.75) is 64.8 Å². The van der Waals surface area contributed by atoms with Gasteiger partial charge < -0.3 is 15.3 Å². The van der Waals surface area contributed by atoms with Crippen molar-refractivity contribution >= 4 is 5.91 Å². The highest BCUT2D eigenvalue weighted by Crippen LogP contribution is 2.35. The average Bonchev–Trinajstić information content (AvgIpc) is 2.53. The molecule has 2 fully saturated rings. The molecule has 4 nitrogen and oxygen atoms in total. The molecule has 0 atom stereocenters. The predicted molar refractivity (Wildman–Crippen MR) is 85.0 cm³/mol. The van der Waals surface area contributed by atoms with Crippen molar-refractivity contribution in [1.82, 2.24) is 10.2 Å². The topological polar surface area (TPSA) is 52.6 Å². The number of carbonyl (C=O) groups is 1. The van der Waals surface area contributed by atoms with Crippen molar-refractivity contribution in [3.05, 3.63) is 0 Å². The molecular formula is C17H32N2O2. The molecule has 1 saturated heterocycles. The van der Waals surface area contributed by atoms with Gasteiger partial charge in [-0.2, -0.15) is 0 Å². The summed E-state index contributed by atoms with van der Waals surface area (Å²) in [5.41, 5.74) is 0.114. The van der Waals surface area contributed by atoms with Crippen LogP contribution in [0.25, 0.3) is 0 Å². The molecule has 0 radical (unpaired) electrons. The minimum absolute atomic E-state index is 0.106. The molecular weight excluding hydrogens is 264 g/mol. The molecule has 1 heterocycles. The van der Waals surface area contributed by atoms with Gasteiger partial charge in [0, 0.05) is 43.6 Å². The third-order valence-corrected chi connectivity index (χ3v) is 5.32. The lowest BCUT2D eigenvalue weighted by atomic mass is 9.74. The number of hydrogen-bond acceptors (Lipinski definition) is 3. The summed E-state index contributed by atoms with van der Waals surface area (Å²) in [6, 6.07) is 0.506. The summed E-state index contributed by atoms with van der Waals surface area (Å²) < 4.78 is 0. The molecule has 21 heavy (non-hydrogen) atoms. The van der Waals surface area contributed by atoms with Crippen molar-refractivity contribution in [3.8, 4) is 0 Å². The number of carbonyl (C=O) groups excluding carboxylic acids is 1. The molecule has 1 saturated carbocycles. The van der Waals surface area contributed by atoms with Crippen molar-refractivity contribution in [3.63, 3.8) is 0 Å². The number of rotatable bonds is 5. The van der Waals surface area contributed by atoms with Gasteiger partial charge >= 0.3 is 0 Å². The minimum atomic E-state index is 0.106. The Bertz CT molecular complexity index is 330. The van der Waals surface area contributed by atoms with Gasteiger partial charge in [-0.3, -0.25) is 4.79 Å². The highest BCUT2D eigenvalue weighted by atomic mass is 16.3. The maximum absolute atomic E-state index is 12.0. The first-order chi connectivity index (χ1) is 10.1. The van der Waals surface area contributed by atoms with E-state index in [2.05, 4.69) is 5.32 Å². The summed E-state index contributed by atoms with van der Waals surface area (Å²) in [6.45, 7) is 6.94. The largest absolute Gasteiger partial charge is 0.396 e. The van der Waals surface area contributed by atoms with Crippen LogP contribution in [-0.2, 0) is 4.79 Å². The van der Waals surface area contributed by atoms with Crippen molar-refractivity contribution < 1.29 is 9.90 Å². The predicted octanol–water partition coefficient (Wildman–Crippen LogP) is 2.17. The zero-order valence-electron chi connectivity index (χ0n) is 13.7. The van der Waals surface area contributed by atoms with Gasteiger partial charge in [0.05, 0.1) is 0 Å². The third-order valence-electron chi connectivity index (χ3n) is 5.32. The lowest BCUT2D eigenvalue weighted by molar-refractivity contribution is -0.135. The molecule has 4 heteroatoms. The van der Waals surface area contributed by atoms with E-state index in [1.54, 1.807) is 0 Å². The molecule has 1 aliphatic heterocycles. The van der Waals surface area contributed by atoms with E-state index in [4.69, 9.17) is 0 Å². The Hall–Kier alpha value is -0.610. The minimum Gasteiger partial charge on any atom is -0.396 e. The second-order valence-electron chi connectivity index (χ2n) is 7.35. The number of likely N-dealkylation sites (tertiary alicyclic amines) is 1. The van der Waals surface area contributed by atoms with E-state index < -0.39 is 0 Å². The zero-order chi connectivity index (χ0) is 15.3. The summed E-state index contributed by atoms with van der Waals surface area (Å²) >= 11 is 0. The summed E-state index contributed by atoms with van der Waals surface area (Å²) in [6.07, 6.45) is 8.22. The van der Waals surface area contributed by atoms with Gasteiger partial charge in [0.1, 0.15) is 0 Å². The van der Waals surface area contributed by atoms with E-state index in [0.717, 1.165) is 45.3 Å². The van der Waals surface area contributed by atoms with Gasteiger partial charge in [0.15, 0.2) is 0 Å². The molecule has 0 aromatic carbocycles. The maximum Gasteiger partial charge on any atom is 0.225 e. The Morgan fingerprint density at radius 3 is 2.38 bits per heavy atom. The molecule has 1 aliphatic carbocycles. The summed E-state index contributed by atoms with van der Waals surface area (Å²) in [7, 11) is 0. The van der Waals surface area contributed by atoms with Crippen molar-refractivity contribution in [2.24, 2.45) is 11.3 Å². The van der Waals surface area contributed by atoms with Crippen molar-refractivity contribution in [1.29, 1.82) is 0 Å². The molecule has 122 valence electrons. The second kappa shape index (κ2) is 7.59. The summed E-state index contributed by atoms with van der Waals surface area (Å²) in [5.74, 6) is 0.391. The average molecular weight is 296 g/mol. The van der Waals surface area contributed by atoms with Crippen LogP contribution in [0.5, 0.6) is 0 Å². The molecule has 1 amide bonds. The third kappa shape index (κ3) is 4.43. The first-order valence-corrected chi connectivity index (χ1v) is 8.69. The van der Waals surface area contributed by atoms with E-state index in [1.807, 2.05) is 18.7 Å². The molecule has 2 rings (SSSR count). The lowest BCUT2D eigenvalue weighted by Crippen LogP contribution is -2.49. The molecule has 0 spiro atoms. The number of piperidine rings is 1. The Morgan fingerprint density at radius 2 is 1.86 bits per heavy atom. The quantitative estimate of drug-likeness (QED) is 0.817. The monoisotopic (exact) mass is 296 g/mol. The van der Waals surface area contributed by atoms with Crippen LogP contribution in [0.1, 0.15) is 58.8 Å². The molecule has 2 N–H and O–H groups in total. The lowest BCUT2D eigenvalue weighted by Gasteiger charge is -2.39. The van der Waals surface area contributed by atoms with E-state index in [1.165, 1.54) is 19.3 Å². The summed E-state index contributed by atoms with van der Waals surface area (Å²) in [5, 5.41) is 13.4. The zero-order valence-corrected chi connectivity index (χ0v) is 13.7.